The largest absolute Gasteiger partial charge is 0.360 e. The van der Waals surface area contributed by atoms with Crippen molar-refractivity contribution in [3.63, 3.8) is 0 Å². The minimum atomic E-state index is 0.658. The predicted octanol–water partition coefficient (Wildman–Crippen LogP) is 3.50. The highest BCUT2D eigenvalue weighted by Crippen LogP contribution is 2.21. The molecule has 1 N–H and O–H groups in total. The molecule has 0 amide bonds. The molecule has 2 aromatic rings. The monoisotopic (exact) mass is 273 g/mol. The fourth-order valence-corrected chi connectivity index (χ4v) is 2.26. The molecular weight excluding hydrogens is 265 g/mol. The van der Waals surface area contributed by atoms with Gasteiger partial charge in [-0.3, -0.25) is 0 Å². The number of nitrogens with one attached hydrogen (secondary N) is 1. The molecule has 0 fully saturated rings. The SMILES string of the molecule is Clc1ccc(CCNc2nncs2)c(Cl)c1. The Morgan fingerprint density at radius 2 is 2.19 bits per heavy atom. The predicted molar refractivity (Wildman–Crippen MR) is 68.6 cm³/mol. The minimum Gasteiger partial charge on any atom is -0.360 e. The van der Waals surface area contributed by atoms with E-state index in [4.69, 9.17) is 23.2 Å². The number of aromatic nitrogens is 2. The van der Waals surface area contributed by atoms with Crippen molar-refractivity contribution in [3.05, 3.63) is 39.3 Å². The smallest absolute Gasteiger partial charge is 0.205 e. The third-order valence-corrected chi connectivity index (χ3v) is 3.28. The third kappa shape index (κ3) is 3.07. The van der Waals surface area contributed by atoms with Crippen LogP contribution in [0.1, 0.15) is 5.56 Å². The first-order chi connectivity index (χ1) is 7.75. The van der Waals surface area contributed by atoms with Gasteiger partial charge < -0.3 is 5.32 Å². The molecule has 0 radical (unpaired) electrons. The van der Waals surface area contributed by atoms with Crippen molar-refractivity contribution in [1.82, 2.24) is 10.2 Å². The van der Waals surface area contributed by atoms with Crippen LogP contribution in [0, 0.1) is 0 Å². The van der Waals surface area contributed by atoms with Crippen LogP contribution in [0.25, 0.3) is 0 Å². The van der Waals surface area contributed by atoms with Crippen LogP contribution in [0.2, 0.25) is 10.0 Å². The average Bonchev–Trinajstić information content (AvgIpc) is 2.74. The van der Waals surface area contributed by atoms with E-state index in [0.717, 1.165) is 23.7 Å². The van der Waals surface area contributed by atoms with Crippen molar-refractivity contribution in [3.8, 4) is 0 Å². The second-order valence-electron chi connectivity index (χ2n) is 3.16. The Labute approximate surface area is 107 Å². The van der Waals surface area contributed by atoms with Gasteiger partial charge in [-0.1, -0.05) is 40.6 Å². The van der Waals surface area contributed by atoms with Gasteiger partial charge in [-0.05, 0) is 24.1 Å². The molecule has 0 saturated heterocycles. The van der Waals surface area contributed by atoms with Gasteiger partial charge in [0.15, 0.2) is 0 Å². The molecule has 16 heavy (non-hydrogen) atoms. The molecule has 84 valence electrons. The van der Waals surface area contributed by atoms with Crippen LogP contribution in [0.4, 0.5) is 5.13 Å². The van der Waals surface area contributed by atoms with Crippen molar-refractivity contribution in [2.45, 2.75) is 6.42 Å². The van der Waals surface area contributed by atoms with E-state index in [9.17, 15) is 0 Å². The summed E-state index contributed by atoms with van der Waals surface area (Å²) in [5, 5.41) is 13.0. The summed E-state index contributed by atoms with van der Waals surface area (Å²) in [5.41, 5.74) is 2.76. The standard InChI is InChI=1S/C10H9Cl2N3S/c11-8-2-1-7(9(12)5-8)3-4-13-10-15-14-6-16-10/h1-2,5-6H,3-4H2,(H,13,15). The summed E-state index contributed by atoms with van der Waals surface area (Å²) >= 11 is 13.3. The van der Waals surface area contributed by atoms with E-state index in [1.165, 1.54) is 11.3 Å². The van der Waals surface area contributed by atoms with Crippen LogP contribution in [0.3, 0.4) is 0 Å². The third-order valence-electron chi connectivity index (χ3n) is 2.05. The van der Waals surface area contributed by atoms with Gasteiger partial charge in [0, 0.05) is 16.6 Å². The maximum atomic E-state index is 6.05. The number of rotatable bonds is 4. The fourth-order valence-electron chi connectivity index (χ4n) is 1.28. The van der Waals surface area contributed by atoms with Crippen molar-refractivity contribution >= 4 is 39.7 Å². The summed E-state index contributed by atoms with van der Waals surface area (Å²) in [7, 11) is 0. The van der Waals surface area contributed by atoms with Gasteiger partial charge in [0.1, 0.15) is 5.51 Å². The van der Waals surface area contributed by atoms with Crippen LogP contribution in [-0.4, -0.2) is 16.7 Å². The lowest BCUT2D eigenvalue weighted by molar-refractivity contribution is 0.995. The number of benzene rings is 1. The van der Waals surface area contributed by atoms with Gasteiger partial charge in [-0.2, -0.15) is 0 Å². The van der Waals surface area contributed by atoms with Gasteiger partial charge in [0.2, 0.25) is 5.13 Å². The zero-order valence-corrected chi connectivity index (χ0v) is 10.6. The summed E-state index contributed by atoms with van der Waals surface area (Å²) in [4.78, 5) is 0. The molecule has 0 aliphatic rings. The van der Waals surface area contributed by atoms with E-state index < -0.39 is 0 Å². The highest BCUT2D eigenvalue weighted by atomic mass is 35.5. The van der Waals surface area contributed by atoms with Crippen molar-refractivity contribution in [2.24, 2.45) is 0 Å². The van der Waals surface area contributed by atoms with Gasteiger partial charge in [0.25, 0.3) is 0 Å². The number of hydrogen-bond acceptors (Lipinski definition) is 4. The topological polar surface area (TPSA) is 37.8 Å². The van der Waals surface area contributed by atoms with Crippen LogP contribution in [-0.2, 0) is 6.42 Å². The van der Waals surface area contributed by atoms with E-state index in [2.05, 4.69) is 15.5 Å². The highest BCUT2D eigenvalue weighted by molar-refractivity contribution is 7.13. The summed E-state index contributed by atoms with van der Waals surface area (Å²) < 4.78 is 0. The normalized spacial score (nSPS) is 10.4. The van der Waals surface area contributed by atoms with E-state index in [-0.39, 0.29) is 0 Å². The van der Waals surface area contributed by atoms with Crippen LogP contribution >= 0.6 is 34.5 Å². The van der Waals surface area contributed by atoms with Gasteiger partial charge in [-0.25, -0.2) is 0 Å². The Bertz CT molecular complexity index is 459. The average molecular weight is 274 g/mol. The first kappa shape index (κ1) is 11.6. The van der Waals surface area contributed by atoms with Crippen molar-refractivity contribution in [1.29, 1.82) is 0 Å². The molecule has 1 aromatic heterocycles. The molecular formula is C10H9Cl2N3S. The Balaban J connectivity index is 1.90. The Morgan fingerprint density at radius 1 is 1.31 bits per heavy atom. The molecule has 0 unspecified atom stereocenters. The lowest BCUT2D eigenvalue weighted by atomic mass is 10.1. The molecule has 0 aliphatic heterocycles. The quantitative estimate of drug-likeness (QED) is 0.927. The molecule has 0 bridgehead atoms. The number of nitrogens with zero attached hydrogens (tertiary/aromatic N) is 2. The van der Waals surface area contributed by atoms with E-state index in [1.54, 1.807) is 11.6 Å². The minimum absolute atomic E-state index is 0.658. The summed E-state index contributed by atoms with van der Waals surface area (Å²) in [6.45, 7) is 0.774. The number of hydrogen-bond donors (Lipinski definition) is 1. The molecule has 0 atom stereocenters. The lowest BCUT2D eigenvalue weighted by Crippen LogP contribution is -2.04. The molecule has 0 saturated carbocycles. The first-order valence-electron chi connectivity index (χ1n) is 4.69. The van der Waals surface area contributed by atoms with E-state index in [0.29, 0.717) is 10.0 Å². The van der Waals surface area contributed by atoms with Crippen molar-refractivity contribution in [2.75, 3.05) is 11.9 Å². The first-order valence-corrected chi connectivity index (χ1v) is 6.33. The second-order valence-corrected chi connectivity index (χ2v) is 4.83. The lowest BCUT2D eigenvalue weighted by Gasteiger charge is -2.05. The van der Waals surface area contributed by atoms with Gasteiger partial charge in [-0.15, -0.1) is 10.2 Å². The Hall–Kier alpha value is -0.840. The maximum absolute atomic E-state index is 6.05. The van der Waals surface area contributed by atoms with Gasteiger partial charge >= 0.3 is 0 Å². The summed E-state index contributed by atoms with van der Waals surface area (Å²) in [5.74, 6) is 0. The molecule has 0 aliphatic carbocycles. The fraction of sp³-hybridized carbons (Fsp3) is 0.200. The zero-order chi connectivity index (χ0) is 11.4. The summed E-state index contributed by atoms with van der Waals surface area (Å²) in [6, 6.07) is 5.53. The Morgan fingerprint density at radius 3 is 2.88 bits per heavy atom. The van der Waals surface area contributed by atoms with E-state index >= 15 is 0 Å². The van der Waals surface area contributed by atoms with Gasteiger partial charge in [0.05, 0.1) is 0 Å². The highest BCUT2D eigenvalue weighted by Gasteiger charge is 2.01. The van der Waals surface area contributed by atoms with Crippen LogP contribution < -0.4 is 5.32 Å². The van der Waals surface area contributed by atoms with E-state index in [1.807, 2.05) is 12.1 Å². The Kier molecular flexibility index (Phi) is 3.98. The molecule has 2 rings (SSSR count). The number of anilines is 1. The molecule has 6 heteroatoms. The number of halogens is 2. The van der Waals surface area contributed by atoms with Crippen LogP contribution in [0.5, 0.6) is 0 Å². The molecule has 3 nitrogen and oxygen atoms in total. The molecule has 1 heterocycles. The second kappa shape index (κ2) is 5.48. The zero-order valence-electron chi connectivity index (χ0n) is 8.28. The van der Waals surface area contributed by atoms with Crippen molar-refractivity contribution < 1.29 is 0 Å². The molecule has 1 aromatic carbocycles. The van der Waals surface area contributed by atoms with Crippen LogP contribution in [0.15, 0.2) is 23.7 Å². The summed E-state index contributed by atoms with van der Waals surface area (Å²) in [6.07, 6.45) is 0.829. The maximum Gasteiger partial charge on any atom is 0.205 e. The molecule has 0 spiro atoms.